The van der Waals surface area contributed by atoms with Gasteiger partial charge in [0.1, 0.15) is 5.75 Å². The van der Waals surface area contributed by atoms with Crippen molar-refractivity contribution in [3.63, 3.8) is 0 Å². The van der Waals surface area contributed by atoms with Crippen molar-refractivity contribution in [1.82, 2.24) is 15.2 Å². The number of aromatic nitrogens is 1. The number of carbonyl (C=O) groups is 1. The lowest BCUT2D eigenvalue weighted by molar-refractivity contribution is 0.0949. The highest BCUT2D eigenvalue weighted by Gasteiger charge is 2.09. The number of benzene rings is 2. The van der Waals surface area contributed by atoms with E-state index in [0.717, 1.165) is 41.9 Å². The number of nitrogens with zero attached hydrogens (tertiary/aromatic N) is 1. The molecule has 162 valence electrons. The van der Waals surface area contributed by atoms with Gasteiger partial charge in [0, 0.05) is 30.4 Å². The van der Waals surface area contributed by atoms with Gasteiger partial charge in [-0.25, -0.2) is 0 Å². The van der Waals surface area contributed by atoms with Gasteiger partial charge < -0.3 is 20.3 Å². The van der Waals surface area contributed by atoms with Gasteiger partial charge in [-0.1, -0.05) is 32.0 Å². The number of phenols is 1. The summed E-state index contributed by atoms with van der Waals surface area (Å²) < 4.78 is 0. The summed E-state index contributed by atoms with van der Waals surface area (Å²) in [6.45, 7) is 9.37. The van der Waals surface area contributed by atoms with Crippen LogP contribution in [0.5, 0.6) is 5.75 Å². The fourth-order valence-electron chi connectivity index (χ4n) is 3.47. The highest BCUT2D eigenvalue weighted by atomic mass is 16.3. The Kier molecular flexibility index (Phi) is 7.26. The number of H-pyrrole nitrogens is 1. The second-order valence-electron chi connectivity index (χ2n) is 7.51. The minimum absolute atomic E-state index is 0.111. The predicted molar refractivity (Wildman–Crippen MR) is 124 cm³/mol. The Hall–Kier alpha value is -3.38. The molecule has 0 aliphatic heterocycles. The summed E-state index contributed by atoms with van der Waals surface area (Å²) in [5.74, 6) is 0.111. The van der Waals surface area contributed by atoms with Crippen molar-refractivity contribution >= 4 is 5.91 Å². The molecule has 0 saturated carbocycles. The van der Waals surface area contributed by atoms with Crippen LogP contribution in [0.3, 0.4) is 0 Å². The first-order chi connectivity index (χ1) is 14.9. The average molecular weight is 420 g/mol. The Bertz CT molecular complexity index is 1100. The van der Waals surface area contributed by atoms with E-state index in [2.05, 4.69) is 29.0 Å². The molecule has 2 aromatic carbocycles. The molecule has 0 bridgehead atoms. The largest absolute Gasteiger partial charge is 0.508 e. The molecule has 3 aromatic rings. The molecule has 0 atom stereocenters. The summed E-state index contributed by atoms with van der Waals surface area (Å²) in [5, 5.41) is 12.7. The van der Waals surface area contributed by atoms with Crippen molar-refractivity contribution < 1.29 is 9.90 Å². The quantitative estimate of drug-likeness (QED) is 0.519. The number of hydrogen-bond acceptors (Lipinski definition) is 4. The van der Waals surface area contributed by atoms with Gasteiger partial charge in [0.25, 0.3) is 5.91 Å². The number of amides is 1. The van der Waals surface area contributed by atoms with E-state index >= 15 is 0 Å². The lowest BCUT2D eigenvalue weighted by Crippen LogP contribution is -2.34. The molecule has 1 aromatic heterocycles. The van der Waals surface area contributed by atoms with E-state index in [4.69, 9.17) is 0 Å². The molecule has 1 amide bonds. The molecule has 0 fully saturated rings. The maximum atomic E-state index is 12.4. The van der Waals surface area contributed by atoms with Gasteiger partial charge in [-0.05, 0) is 72.6 Å². The van der Waals surface area contributed by atoms with Crippen LogP contribution < -0.4 is 10.9 Å². The third-order valence-corrected chi connectivity index (χ3v) is 5.44. The molecule has 3 rings (SSSR count). The number of phenolic OH excluding ortho intramolecular Hbond substituents is 1. The molecule has 0 spiro atoms. The minimum atomic E-state index is -0.212. The third-order valence-electron chi connectivity index (χ3n) is 5.44. The molecule has 0 aliphatic rings. The second kappa shape index (κ2) is 10.1. The van der Waals surface area contributed by atoms with E-state index in [1.807, 2.05) is 31.2 Å². The highest BCUT2D eigenvalue weighted by Crippen LogP contribution is 2.27. The molecule has 0 aliphatic carbocycles. The van der Waals surface area contributed by atoms with Gasteiger partial charge in [0.05, 0.1) is 0 Å². The van der Waals surface area contributed by atoms with Crippen molar-refractivity contribution in [2.45, 2.75) is 20.8 Å². The number of pyridine rings is 1. The summed E-state index contributed by atoms with van der Waals surface area (Å²) in [6.07, 6.45) is 0. The van der Waals surface area contributed by atoms with Gasteiger partial charge in [-0.2, -0.15) is 0 Å². The summed E-state index contributed by atoms with van der Waals surface area (Å²) in [5.41, 5.74) is 4.21. The molecular weight excluding hydrogens is 390 g/mol. The Morgan fingerprint density at radius 3 is 2.29 bits per heavy atom. The monoisotopic (exact) mass is 419 g/mol. The molecule has 0 saturated heterocycles. The Balaban J connectivity index is 1.76. The molecule has 1 heterocycles. The van der Waals surface area contributed by atoms with Gasteiger partial charge in [0.15, 0.2) is 0 Å². The summed E-state index contributed by atoms with van der Waals surface area (Å²) in [6, 6.07) is 15.9. The van der Waals surface area contributed by atoms with Crippen LogP contribution in [0.25, 0.3) is 22.4 Å². The van der Waals surface area contributed by atoms with Gasteiger partial charge in [0.2, 0.25) is 5.56 Å². The number of aromatic amines is 1. The molecule has 0 unspecified atom stereocenters. The number of carbonyl (C=O) groups excluding carboxylic acids is 1. The van der Waals surface area contributed by atoms with E-state index in [-0.39, 0.29) is 17.2 Å². The third kappa shape index (κ3) is 5.61. The van der Waals surface area contributed by atoms with Gasteiger partial charge in [-0.15, -0.1) is 0 Å². The average Bonchev–Trinajstić information content (AvgIpc) is 2.78. The summed E-state index contributed by atoms with van der Waals surface area (Å²) >= 11 is 0. The number of aromatic hydroxyl groups is 1. The van der Waals surface area contributed by atoms with Crippen LogP contribution in [0.1, 0.15) is 29.8 Å². The molecule has 0 radical (unpaired) electrons. The summed E-state index contributed by atoms with van der Waals surface area (Å²) in [4.78, 5) is 29.7. The SMILES string of the molecule is CCN(CC)CCNC(=O)c1ccc(-c2cc(-c3ccc(O)c(C)c3)cc(=O)[nH]2)cc1. The number of hydrogen-bond donors (Lipinski definition) is 3. The zero-order chi connectivity index (χ0) is 22.4. The molecule has 31 heavy (non-hydrogen) atoms. The van der Waals surface area contributed by atoms with Crippen molar-refractivity contribution in [2.75, 3.05) is 26.2 Å². The summed E-state index contributed by atoms with van der Waals surface area (Å²) in [7, 11) is 0. The first-order valence-corrected chi connectivity index (χ1v) is 10.6. The Morgan fingerprint density at radius 1 is 0.968 bits per heavy atom. The Labute approximate surface area is 182 Å². The van der Waals surface area contributed by atoms with Crippen LogP contribution in [0.4, 0.5) is 0 Å². The lowest BCUT2D eigenvalue weighted by atomic mass is 10.0. The number of likely N-dealkylation sites (N-methyl/N-ethyl adjacent to an activating group) is 1. The number of aryl methyl sites for hydroxylation is 1. The van der Waals surface area contributed by atoms with Crippen molar-refractivity contribution in [1.29, 1.82) is 0 Å². The zero-order valence-corrected chi connectivity index (χ0v) is 18.2. The van der Waals surface area contributed by atoms with E-state index in [0.29, 0.717) is 17.8 Å². The van der Waals surface area contributed by atoms with Crippen LogP contribution in [0.2, 0.25) is 0 Å². The fraction of sp³-hybridized carbons (Fsp3) is 0.280. The highest BCUT2D eigenvalue weighted by molar-refractivity contribution is 5.94. The van der Waals surface area contributed by atoms with Gasteiger partial charge in [-0.3, -0.25) is 9.59 Å². The van der Waals surface area contributed by atoms with Gasteiger partial charge >= 0.3 is 0 Å². The van der Waals surface area contributed by atoms with Crippen molar-refractivity contribution in [3.8, 4) is 28.1 Å². The van der Waals surface area contributed by atoms with E-state index in [9.17, 15) is 14.7 Å². The zero-order valence-electron chi connectivity index (χ0n) is 18.2. The number of rotatable bonds is 8. The maximum absolute atomic E-state index is 12.4. The maximum Gasteiger partial charge on any atom is 0.251 e. The predicted octanol–water partition coefficient (Wildman–Crippen LogP) is 3.79. The molecular formula is C25H29N3O3. The van der Waals surface area contributed by atoms with E-state index in [1.165, 1.54) is 6.07 Å². The van der Waals surface area contributed by atoms with Crippen LogP contribution in [0.15, 0.2) is 59.4 Å². The van der Waals surface area contributed by atoms with Crippen LogP contribution in [-0.2, 0) is 0 Å². The van der Waals surface area contributed by atoms with E-state index < -0.39 is 0 Å². The molecule has 3 N–H and O–H groups in total. The van der Waals surface area contributed by atoms with Crippen molar-refractivity contribution in [2.24, 2.45) is 0 Å². The fourth-order valence-corrected chi connectivity index (χ4v) is 3.47. The lowest BCUT2D eigenvalue weighted by Gasteiger charge is -2.18. The minimum Gasteiger partial charge on any atom is -0.508 e. The first-order valence-electron chi connectivity index (χ1n) is 10.6. The second-order valence-corrected chi connectivity index (χ2v) is 7.51. The molecule has 6 nitrogen and oxygen atoms in total. The van der Waals surface area contributed by atoms with Crippen LogP contribution in [0, 0.1) is 6.92 Å². The topological polar surface area (TPSA) is 85.4 Å². The van der Waals surface area contributed by atoms with Crippen LogP contribution >= 0.6 is 0 Å². The molecule has 6 heteroatoms. The van der Waals surface area contributed by atoms with Crippen molar-refractivity contribution in [3.05, 3.63) is 76.1 Å². The standard InChI is InChI=1S/C25H29N3O3/c1-4-28(5-2)13-12-26-25(31)19-8-6-18(7-9-19)22-15-21(16-24(30)27-22)20-10-11-23(29)17(3)14-20/h6-11,14-16,29H,4-5,12-13H2,1-3H3,(H,26,31)(H,27,30). The smallest absolute Gasteiger partial charge is 0.251 e. The number of nitrogens with one attached hydrogen (secondary N) is 2. The normalized spacial score (nSPS) is 11.0. The van der Waals surface area contributed by atoms with Crippen LogP contribution in [-0.4, -0.2) is 47.1 Å². The van der Waals surface area contributed by atoms with E-state index in [1.54, 1.807) is 24.3 Å². The Morgan fingerprint density at radius 2 is 1.65 bits per heavy atom. The first kappa shape index (κ1) is 22.3.